The predicted octanol–water partition coefficient (Wildman–Crippen LogP) is 0.628. The number of nitrogens with zero attached hydrogens (tertiary/aromatic N) is 8. The van der Waals surface area contributed by atoms with E-state index in [0.29, 0.717) is 0 Å². The molecule has 0 fully saturated rings. The standard InChI is InChI=1S/C40H44N12O16S4.3Na/c53-17-13-51(14-18-54)39-47-35(41-27-3-1-5-31(21-27)69(57,58)59)45-37(49-39)43-29-11-9-25(33(23-29)71(63,64)65)7-8-26-10-12-30(24-34(26)72(66,67)68)44-38-46-36(48-40(50-38)52(15-19-55)16-20-56)42-28-4-2-6-32(22-28)70(60,61)62;;;/h1-12,21-24,53-56H,13-20H2,(H,57,58,59)(H,60,61,62)(H,63,64,65)(H,66,67,68)(H2,41,43,45,47,49)(H2,42,44,46,48,50);;;/b8-7+;;;. The van der Waals surface area contributed by atoms with Gasteiger partial charge in [-0.05, 0) is 71.8 Å². The van der Waals surface area contributed by atoms with E-state index in [4.69, 9.17) is 0 Å². The molecule has 0 aliphatic heterocycles. The smallest absolute Gasteiger partial charge is 0.295 e. The molecule has 3 radical (unpaired) electrons. The van der Waals surface area contributed by atoms with Gasteiger partial charge in [0.2, 0.25) is 35.7 Å². The summed E-state index contributed by atoms with van der Waals surface area (Å²) in [6, 6.07) is 17.0. The summed E-state index contributed by atoms with van der Waals surface area (Å²) in [4.78, 5) is 26.1. The molecular weight excluding hydrogens is 1100 g/mol. The van der Waals surface area contributed by atoms with Gasteiger partial charge in [0.1, 0.15) is 9.79 Å². The summed E-state index contributed by atoms with van der Waals surface area (Å²) in [6.45, 7) is -1.83. The van der Waals surface area contributed by atoms with Gasteiger partial charge in [-0.3, -0.25) is 18.2 Å². The summed E-state index contributed by atoms with van der Waals surface area (Å²) < 4.78 is 138. The Hall–Kier alpha value is -4.08. The van der Waals surface area contributed by atoms with Crippen molar-refractivity contribution in [2.75, 3.05) is 83.7 Å². The Morgan fingerprint density at radius 2 is 0.693 bits per heavy atom. The van der Waals surface area contributed by atoms with Gasteiger partial charge < -0.3 is 51.5 Å². The second-order valence-electron chi connectivity index (χ2n) is 14.7. The van der Waals surface area contributed by atoms with Crippen LogP contribution in [0.5, 0.6) is 0 Å². The molecule has 0 atom stereocenters. The van der Waals surface area contributed by atoms with Crippen LogP contribution in [0.4, 0.5) is 58.4 Å². The largest absolute Gasteiger partial charge is 0.395 e. The second kappa shape index (κ2) is 28.5. The number of rotatable bonds is 24. The molecule has 0 unspecified atom stereocenters. The van der Waals surface area contributed by atoms with E-state index >= 15 is 0 Å². The van der Waals surface area contributed by atoms with E-state index in [1.807, 2.05) is 0 Å². The number of aliphatic hydroxyl groups excluding tert-OH is 4. The van der Waals surface area contributed by atoms with Gasteiger partial charge in [-0.2, -0.15) is 63.6 Å². The number of aromatic nitrogens is 6. The third-order valence-electron chi connectivity index (χ3n) is 9.61. The summed E-state index contributed by atoms with van der Waals surface area (Å²) >= 11 is 0. The summed E-state index contributed by atoms with van der Waals surface area (Å²) in [5, 5.41) is 49.7. The Morgan fingerprint density at radius 1 is 0.400 bits per heavy atom. The number of aliphatic hydroxyl groups is 4. The van der Waals surface area contributed by atoms with Crippen molar-refractivity contribution in [2.45, 2.75) is 19.6 Å². The molecule has 4 aromatic carbocycles. The van der Waals surface area contributed by atoms with Crippen LogP contribution < -0.4 is 31.1 Å². The van der Waals surface area contributed by atoms with Crippen molar-refractivity contribution in [3.63, 3.8) is 0 Å². The fourth-order valence-corrected chi connectivity index (χ4v) is 8.93. The maximum Gasteiger partial charge on any atom is 0.295 e. The molecule has 35 heteroatoms. The fourth-order valence-electron chi connectivity index (χ4n) is 6.45. The Labute approximate surface area is 496 Å². The minimum absolute atomic E-state index is 0. The van der Waals surface area contributed by atoms with Gasteiger partial charge in [0.15, 0.2) is 0 Å². The third kappa shape index (κ3) is 18.8. The molecule has 0 amide bonds. The van der Waals surface area contributed by atoms with Crippen molar-refractivity contribution in [3.05, 3.63) is 96.1 Å². The molecule has 28 nitrogen and oxygen atoms in total. The third-order valence-corrected chi connectivity index (χ3v) is 13.1. The van der Waals surface area contributed by atoms with Crippen molar-refractivity contribution >= 4 is 200 Å². The van der Waals surface area contributed by atoms with Gasteiger partial charge in [0.05, 0.1) is 36.2 Å². The topological polar surface area (TPSA) is 430 Å². The van der Waals surface area contributed by atoms with E-state index < -0.39 is 86.5 Å². The van der Waals surface area contributed by atoms with Crippen molar-refractivity contribution in [3.8, 4) is 0 Å². The van der Waals surface area contributed by atoms with Crippen LogP contribution in [0.3, 0.4) is 0 Å². The predicted molar refractivity (Wildman–Crippen MR) is 277 cm³/mol. The first-order valence-electron chi connectivity index (χ1n) is 20.6. The maximum atomic E-state index is 12.8. The zero-order valence-corrected chi connectivity index (χ0v) is 49.2. The zero-order chi connectivity index (χ0) is 52.4. The van der Waals surface area contributed by atoms with Crippen LogP contribution in [0, 0.1) is 0 Å². The Bertz CT molecular complexity index is 3210. The Balaban J connectivity index is 0.00000494. The van der Waals surface area contributed by atoms with Gasteiger partial charge in [-0.1, -0.05) is 36.4 Å². The van der Waals surface area contributed by atoms with Crippen molar-refractivity contribution in [1.29, 1.82) is 0 Å². The van der Waals surface area contributed by atoms with Crippen LogP contribution in [-0.4, -0.2) is 243 Å². The van der Waals surface area contributed by atoms with E-state index in [2.05, 4.69) is 51.2 Å². The van der Waals surface area contributed by atoms with Crippen LogP contribution >= 0.6 is 0 Å². The number of anilines is 10. The van der Waals surface area contributed by atoms with Gasteiger partial charge in [0.25, 0.3) is 40.5 Å². The first-order valence-corrected chi connectivity index (χ1v) is 26.3. The second-order valence-corrected chi connectivity index (χ2v) is 20.4. The van der Waals surface area contributed by atoms with Crippen molar-refractivity contribution < 1.29 is 72.3 Å². The molecule has 0 bridgehead atoms. The molecule has 12 N–H and O–H groups in total. The Morgan fingerprint density at radius 3 is 0.960 bits per heavy atom. The van der Waals surface area contributed by atoms with Crippen molar-refractivity contribution in [1.82, 2.24) is 29.9 Å². The number of benzene rings is 4. The monoisotopic (exact) mass is 1150 g/mol. The van der Waals surface area contributed by atoms with Crippen LogP contribution in [0.15, 0.2) is 105 Å². The molecule has 2 aromatic heterocycles. The quantitative estimate of drug-likeness (QED) is 0.0225. The Kier molecular flexibility index (Phi) is 24.8. The summed E-state index contributed by atoms with van der Waals surface area (Å²) in [6.07, 6.45) is 2.25. The minimum Gasteiger partial charge on any atom is -0.395 e. The van der Waals surface area contributed by atoms with Gasteiger partial charge >= 0.3 is 0 Å². The molecule has 0 aliphatic rings. The normalized spacial score (nSPS) is 11.7. The van der Waals surface area contributed by atoms with Gasteiger partial charge in [0, 0.05) is 138 Å². The molecule has 0 aliphatic carbocycles. The first-order chi connectivity index (χ1) is 34.0. The zero-order valence-electron chi connectivity index (χ0n) is 39.9. The average molecular weight is 1150 g/mol. The van der Waals surface area contributed by atoms with E-state index in [0.717, 1.165) is 48.6 Å². The van der Waals surface area contributed by atoms with Crippen molar-refractivity contribution in [2.24, 2.45) is 0 Å². The van der Waals surface area contributed by atoms with Crippen LogP contribution in [0.25, 0.3) is 12.2 Å². The summed E-state index contributed by atoms with van der Waals surface area (Å²) in [5.41, 5.74) is -0.244. The molecule has 0 saturated carbocycles. The van der Waals surface area contributed by atoms with E-state index in [-0.39, 0.29) is 184 Å². The van der Waals surface area contributed by atoms with E-state index in [1.165, 1.54) is 58.3 Å². The minimum atomic E-state index is -5.04. The van der Waals surface area contributed by atoms with Gasteiger partial charge in [-0.25, -0.2) is 0 Å². The van der Waals surface area contributed by atoms with Crippen LogP contribution in [0.1, 0.15) is 11.1 Å². The molecule has 75 heavy (non-hydrogen) atoms. The molecule has 6 aromatic rings. The number of nitrogens with one attached hydrogen (secondary N) is 4. The maximum absolute atomic E-state index is 12.8. The van der Waals surface area contributed by atoms with E-state index in [9.17, 15) is 72.3 Å². The molecule has 0 saturated heterocycles. The molecular formula is C40H44N12Na3O16S4. The van der Waals surface area contributed by atoms with Gasteiger partial charge in [-0.15, -0.1) is 0 Å². The fraction of sp³-hybridized carbons (Fsp3) is 0.200. The number of hydrogen-bond acceptors (Lipinski definition) is 24. The number of hydrogen-bond donors (Lipinski definition) is 12. The molecule has 387 valence electrons. The molecule has 6 rings (SSSR count). The molecule has 0 spiro atoms. The van der Waals surface area contributed by atoms with E-state index in [1.54, 1.807) is 0 Å². The summed E-state index contributed by atoms with van der Waals surface area (Å²) in [7, 11) is -19.3. The average Bonchev–Trinajstić information content (AvgIpc) is 3.30. The first kappa shape index (κ1) is 65.2. The summed E-state index contributed by atoms with van der Waals surface area (Å²) in [5.74, 6) is -1.18. The van der Waals surface area contributed by atoms with Crippen LogP contribution in [0.2, 0.25) is 0 Å². The molecule has 2 heterocycles. The van der Waals surface area contributed by atoms with Crippen LogP contribution in [-0.2, 0) is 40.5 Å². The SMILES string of the molecule is O=S(=O)(O)c1cccc(Nc2nc(Nc3ccc(/C=C/c4ccc(Nc5nc(Nc6cccc(S(=O)(=O)O)c6)nc(N(CCO)CCO)n5)cc4S(=O)(=O)O)c(S(=O)(=O)O)c3)nc(N(CCO)CCO)n2)c1.[Na].[Na].[Na].